The molecule has 0 aromatic rings. The molecular weight excluding hydrogens is 244 g/mol. The van der Waals surface area contributed by atoms with Crippen LogP contribution in [-0.2, 0) is 19.0 Å². The van der Waals surface area contributed by atoms with E-state index in [1.165, 1.54) is 14.0 Å². The predicted molar refractivity (Wildman–Crippen MR) is 61.0 cm³/mol. The Hall–Kier alpha value is -1.99. The third-order valence-electron chi connectivity index (χ3n) is 1.69. The highest BCUT2D eigenvalue weighted by atomic mass is 16.6. The van der Waals surface area contributed by atoms with Gasteiger partial charge in [-0.1, -0.05) is 0 Å². The second-order valence-corrected chi connectivity index (χ2v) is 3.40. The fourth-order valence-electron chi connectivity index (χ4n) is 0.901. The second kappa shape index (κ2) is 9.08. The number of hydrogen-bond donors (Lipinski definition) is 2. The van der Waals surface area contributed by atoms with Crippen LogP contribution in [-0.4, -0.2) is 51.1 Å². The highest BCUT2D eigenvalue weighted by molar-refractivity contribution is 5.68. The molecule has 0 saturated carbocycles. The average molecular weight is 262 g/mol. The smallest absolute Gasteiger partial charge is 0.407 e. The second-order valence-electron chi connectivity index (χ2n) is 3.40. The summed E-state index contributed by atoms with van der Waals surface area (Å²) in [5.41, 5.74) is 0. The first-order chi connectivity index (χ1) is 8.45. The summed E-state index contributed by atoms with van der Waals surface area (Å²) in [5, 5.41) is 4.81. The standard InChI is InChI=1S/C10H18N2O6/c1-7(12-10(15)16-3)6-18-9(14)11-4-5-17-8(2)13/h7H,4-6H2,1-3H3,(H,11,14)(H,12,15)/t7-/m0/s1. The highest BCUT2D eigenvalue weighted by Gasteiger charge is 2.09. The van der Waals surface area contributed by atoms with Crippen LogP contribution in [0.2, 0.25) is 0 Å². The molecule has 2 N–H and O–H groups in total. The van der Waals surface area contributed by atoms with Gasteiger partial charge in [0, 0.05) is 6.92 Å². The fourth-order valence-corrected chi connectivity index (χ4v) is 0.901. The van der Waals surface area contributed by atoms with Crippen LogP contribution in [0.5, 0.6) is 0 Å². The van der Waals surface area contributed by atoms with E-state index in [9.17, 15) is 14.4 Å². The maximum Gasteiger partial charge on any atom is 0.407 e. The normalized spacial score (nSPS) is 11.1. The minimum atomic E-state index is -0.652. The van der Waals surface area contributed by atoms with Gasteiger partial charge in [0.1, 0.15) is 13.2 Å². The molecule has 0 heterocycles. The molecule has 0 aliphatic heterocycles. The number of methoxy groups -OCH3 is 1. The van der Waals surface area contributed by atoms with E-state index in [1.807, 2.05) is 0 Å². The zero-order valence-electron chi connectivity index (χ0n) is 10.6. The summed E-state index contributed by atoms with van der Waals surface area (Å²) in [6.07, 6.45) is -1.25. The van der Waals surface area contributed by atoms with E-state index in [0.29, 0.717) is 0 Å². The number of hydrogen-bond acceptors (Lipinski definition) is 6. The van der Waals surface area contributed by atoms with E-state index in [4.69, 9.17) is 4.74 Å². The largest absolute Gasteiger partial charge is 0.464 e. The molecule has 0 bridgehead atoms. The predicted octanol–water partition coefficient (Wildman–Crippen LogP) is 0.0202. The third kappa shape index (κ3) is 9.25. The molecule has 0 spiro atoms. The number of rotatable bonds is 6. The van der Waals surface area contributed by atoms with E-state index in [1.54, 1.807) is 6.92 Å². The Balaban J connectivity index is 3.57. The Morgan fingerprint density at radius 2 is 1.83 bits per heavy atom. The molecule has 8 heteroatoms. The van der Waals surface area contributed by atoms with Crippen LogP contribution < -0.4 is 10.6 Å². The Kier molecular flexibility index (Phi) is 8.08. The summed E-state index contributed by atoms with van der Waals surface area (Å²) in [6.45, 7) is 3.19. The van der Waals surface area contributed by atoms with E-state index >= 15 is 0 Å². The van der Waals surface area contributed by atoms with Crippen molar-refractivity contribution in [1.29, 1.82) is 0 Å². The first kappa shape index (κ1) is 16.0. The molecule has 0 saturated heterocycles. The lowest BCUT2D eigenvalue weighted by Crippen LogP contribution is -2.38. The van der Waals surface area contributed by atoms with Crippen LogP contribution in [0.3, 0.4) is 0 Å². The zero-order chi connectivity index (χ0) is 14.0. The van der Waals surface area contributed by atoms with Gasteiger partial charge in [0.2, 0.25) is 0 Å². The molecule has 1 atom stereocenters. The Morgan fingerprint density at radius 3 is 2.39 bits per heavy atom. The third-order valence-corrected chi connectivity index (χ3v) is 1.69. The summed E-state index contributed by atoms with van der Waals surface area (Å²) < 4.78 is 13.8. The topological polar surface area (TPSA) is 103 Å². The number of carbonyl (C=O) groups is 3. The molecule has 104 valence electrons. The minimum Gasteiger partial charge on any atom is -0.464 e. The summed E-state index contributed by atoms with van der Waals surface area (Å²) >= 11 is 0. The maximum atomic E-state index is 11.1. The fraction of sp³-hybridized carbons (Fsp3) is 0.700. The molecule has 8 nitrogen and oxygen atoms in total. The van der Waals surface area contributed by atoms with Crippen molar-refractivity contribution in [3.05, 3.63) is 0 Å². The minimum absolute atomic E-state index is 0.00843. The van der Waals surface area contributed by atoms with Crippen molar-refractivity contribution < 1.29 is 28.6 Å². The molecular formula is C10H18N2O6. The van der Waals surface area contributed by atoms with Gasteiger partial charge in [-0.3, -0.25) is 4.79 Å². The number of alkyl carbamates (subject to hydrolysis) is 2. The number of carbonyl (C=O) groups excluding carboxylic acids is 3. The quantitative estimate of drug-likeness (QED) is 0.397. The maximum absolute atomic E-state index is 11.1. The summed E-state index contributed by atoms with van der Waals surface area (Å²) in [4.78, 5) is 32.3. The van der Waals surface area contributed by atoms with Crippen LogP contribution >= 0.6 is 0 Å². The van der Waals surface area contributed by atoms with E-state index < -0.39 is 18.2 Å². The molecule has 0 rings (SSSR count). The van der Waals surface area contributed by atoms with Gasteiger partial charge in [0.25, 0.3) is 0 Å². The van der Waals surface area contributed by atoms with Crippen molar-refractivity contribution in [3.63, 3.8) is 0 Å². The van der Waals surface area contributed by atoms with Crippen molar-refractivity contribution in [2.24, 2.45) is 0 Å². The lowest BCUT2D eigenvalue weighted by Gasteiger charge is -2.13. The lowest BCUT2D eigenvalue weighted by atomic mass is 10.4. The molecule has 0 fully saturated rings. The molecule has 2 amide bonds. The Labute approximate surface area is 105 Å². The van der Waals surface area contributed by atoms with Gasteiger partial charge >= 0.3 is 18.2 Å². The van der Waals surface area contributed by atoms with Gasteiger partial charge in [-0.15, -0.1) is 0 Å². The molecule has 0 aliphatic rings. The van der Waals surface area contributed by atoms with Crippen LogP contribution in [0.1, 0.15) is 13.8 Å². The van der Waals surface area contributed by atoms with Crippen LogP contribution in [0, 0.1) is 0 Å². The van der Waals surface area contributed by atoms with Gasteiger partial charge in [0.15, 0.2) is 0 Å². The average Bonchev–Trinajstić information content (AvgIpc) is 2.31. The van der Waals surface area contributed by atoms with Gasteiger partial charge in [0.05, 0.1) is 19.7 Å². The molecule has 0 aromatic heterocycles. The monoisotopic (exact) mass is 262 g/mol. The van der Waals surface area contributed by atoms with Gasteiger partial charge in [-0.2, -0.15) is 0 Å². The Morgan fingerprint density at radius 1 is 1.17 bits per heavy atom. The molecule has 0 aromatic carbocycles. The summed E-state index contributed by atoms with van der Waals surface area (Å²) in [7, 11) is 1.24. The molecule has 0 radical (unpaired) electrons. The molecule has 0 aliphatic carbocycles. The molecule has 0 unspecified atom stereocenters. The van der Waals surface area contributed by atoms with Crippen molar-refractivity contribution in [2.75, 3.05) is 26.9 Å². The SMILES string of the molecule is COC(=O)N[C@@H](C)COC(=O)NCCOC(C)=O. The molecule has 18 heavy (non-hydrogen) atoms. The zero-order valence-corrected chi connectivity index (χ0v) is 10.6. The van der Waals surface area contributed by atoms with E-state index in [2.05, 4.69) is 20.1 Å². The van der Waals surface area contributed by atoms with Crippen molar-refractivity contribution in [2.45, 2.75) is 19.9 Å². The van der Waals surface area contributed by atoms with Gasteiger partial charge in [-0.05, 0) is 6.92 Å². The van der Waals surface area contributed by atoms with Crippen molar-refractivity contribution in [1.82, 2.24) is 10.6 Å². The highest BCUT2D eigenvalue weighted by Crippen LogP contribution is 1.87. The number of nitrogens with one attached hydrogen (secondary N) is 2. The van der Waals surface area contributed by atoms with Crippen molar-refractivity contribution in [3.8, 4) is 0 Å². The number of ether oxygens (including phenoxy) is 3. The van der Waals surface area contributed by atoms with E-state index in [-0.39, 0.29) is 25.8 Å². The lowest BCUT2D eigenvalue weighted by molar-refractivity contribution is -0.140. The first-order valence-electron chi connectivity index (χ1n) is 5.34. The summed E-state index contributed by atoms with van der Waals surface area (Å²) in [6, 6.07) is -0.364. The summed E-state index contributed by atoms with van der Waals surface area (Å²) in [5.74, 6) is -0.416. The van der Waals surface area contributed by atoms with Gasteiger partial charge < -0.3 is 24.8 Å². The van der Waals surface area contributed by atoms with Crippen LogP contribution in [0.15, 0.2) is 0 Å². The first-order valence-corrected chi connectivity index (χ1v) is 5.34. The van der Waals surface area contributed by atoms with Crippen LogP contribution in [0.4, 0.5) is 9.59 Å². The van der Waals surface area contributed by atoms with Crippen LogP contribution in [0.25, 0.3) is 0 Å². The van der Waals surface area contributed by atoms with E-state index in [0.717, 1.165) is 0 Å². The van der Waals surface area contributed by atoms with Crippen molar-refractivity contribution >= 4 is 18.2 Å². The number of amides is 2. The Bertz CT molecular complexity index is 294. The number of esters is 1. The van der Waals surface area contributed by atoms with Gasteiger partial charge in [-0.25, -0.2) is 9.59 Å².